The number of rotatable bonds is 10. The van der Waals surface area contributed by atoms with Gasteiger partial charge in [0.15, 0.2) is 0 Å². The van der Waals surface area contributed by atoms with E-state index in [-0.39, 0.29) is 16.8 Å². The number of hydrogen-bond donors (Lipinski definition) is 3. The van der Waals surface area contributed by atoms with E-state index >= 15 is 0 Å². The van der Waals surface area contributed by atoms with Crippen LogP contribution in [0.25, 0.3) is 0 Å². The summed E-state index contributed by atoms with van der Waals surface area (Å²) in [7, 11) is -3.90. The third-order valence-corrected chi connectivity index (χ3v) is 6.23. The average Bonchev–Trinajstić information content (AvgIpc) is 2.83. The van der Waals surface area contributed by atoms with Crippen LogP contribution < -0.4 is 20.1 Å². The molecule has 3 rings (SSSR count). The maximum atomic E-state index is 13.0. The molecule has 0 unspecified atom stereocenters. The summed E-state index contributed by atoms with van der Waals surface area (Å²) in [6.07, 6.45) is 2.84. The van der Waals surface area contributed by atoms with Crippen LogP contribution in [0.5, 0.6) is 5.75 Å². The van der Waals surface area contributed by atoms with Crippen LogP contribution in [0.3, 0.4) is 0 Å². The lowest BCUT2D eigenvalue weighted by atomic mass is 10.0. The molecule has 0 aliphatic heterocycles. The zero-order valence-corrected chi connectivity index (χ0v) is 20.4. The first-order valence-corrected chi connectivity index (χ1v) is 12.4. The third kappa shape index (κ3) is 6.76. The van der Waals surface area contributed by atoms with Gasteiger partial charge in [-0.1, -0.05) is 26.0 Å². The van der Waals surface area contributed by atoms with Gasteiger partial charge in [-0.05, 0) is 55.3 Å². The molecule has 0 bridgehead atoms. The second-order valence-electron chi connectivity index (χ2n) is 7.82. The number of amides is 2. The van der Waals surface area contributed by atoms with Crippen LogP contribution >= 0.6 is 0 Å². The summed E-state index contributed by atoms with van der Waals surface area (Å²) in [5.74, 6) is -0.701. The lowest BCUT2D eigenvalue weighted by Gasteiger charge is -2.22. The minimum Gasteiger partial charge on any atom is -0.493 e. The van der Waals surface area contributed by atoms with Gasteiger partial charge in [0.2, 0.25) is 11.9 Å². The summed E-state index contributed by atoms with van der Waals surface area (Å²) in [5, 5.41) is 5.49. The monoisotopic (exact) mass is 497 g/mol. The summed E-state index contributed by atoms with van der Waals surface area (Å²) in [4.78, 5) is 33.5. The Hall–Kier alpha value is -3.99. The number of carbonyl (C=O) groups is 2. The first-order valence-electron chi connectivity index (χ1n) is 10.9. The van der Waals surface area contributed by atoms with Crippen molar-refractivity contribution < 1.29 is 22.7 Å². The third-order valence-electron chi connectivity index (χ3n) is 4.89. The molecule has 0 aliphatic carbocycles. The molecular weight excluding hydrogens is 470 g/mol. The second-order valence-corrected chi connectivity index (χ2v) is 9.50. The van der Waals surface area contributed by atoms with E-state index in [1.165, 1.54) is 36.7 Å². The number of aromatic nitrogens is 2. The average molecular weight is 498 g/mol. The van der Waals surface area contributed by atoms with Gasteiger partial charge in [0, 0.05) is 18.1 Å². The molecule has 2 aromatic carbocycles. The maximum Gasteiger partial charge on any atom is 0.264 e. The SMILES string of the molecule is CCOc1ccccc1C(=O)N[C@@H](C(=O)Nc1ccc(S(=O)(=O)Nc2ncccn2)cc1)C(C)C. The molecule has 35 heavy (non-hydrogen) atoms. The maximum absolute atomic E-state index is 13.0. The molecule has 1 atom stereocenters. The quantitative estimate of drug-likeness (QED) is 0.391. The molecule has 1 aromatic heterocycles. The van der Waals surface area contributed by atoms with E-state index in [0.717, 1.165) is 0 Å². The van der Waals surface area contributed by atoms with Crippen LogP contribution in [-0.4, -0.2) is 42.8 Å². The Morgan fingerprint density at radius 1 is 0.971 bits per heavy atom. The molecule has 184 valence electrons. The van der Waals surface area contributed by atoms with Crippen molar-refractivity contribution in [1.82, 2.24) is 15.3 Å². The summed E-state index contributed by atoms with van der Waals surface area (Å²) < 4.78 is 32.8. The normalized spacial score (nSPS) is 12.0. The highest BCUT2D eigenvalue weighted by molar-refractivity contribution is 7.92. The van der Waals surface area contributed by atoms with Crippen molar-refractivity contribution in [3.05, 3.63) is 72.6 Å². The Labute approximate surface area is 204 Å². The summed E-state index contributed by atoms with van der Waals surface area (Å²) >= 11 is 0. The van der Waals surface area contributed by atoms with Gasteiger partial charge in [0.1, 0.15) is 11.8 Å². The number of ether oxygens (including phenoxy) is 1. The van der Waals surface area contributed by atoms with Gasteiger partial charge in [-0.15, -0.1) is 0 Å². The number of para-hydroxylation sites is 1. The minimum atomic E-state index is -3.90. The number of nitrogens with one attached hydrogen (secondary N) is 3. The molecular formula is C24H27N5O5S. The fourth-order valence-electron chi connectivity index (χ4n) is 3.16. The van der Waals surface area contributed by atoms with Crippen molar-refractivity contribution in [2.45, 2.75) is 31.7 Å². The molecule has 0 saturated carbocycles. The van der Waals surface area contributed by atoms with Crippen molar-refractivity contribution in [3.8, 4) is 5.75 Å². The summed E-state index contributed by atoms with van der Waals surface area (Å²) in [6, 6.07) is 13.2. The Kier molecular flexibility index (Phi) is 8.37. The van der Waals surface area contributed by atoms with Gasteiger partial charge < -0.3 is 15.4 Å². The molecule has 0 saturated heterocycles. The Morgan fingerprint density at radius 2 is 1.63 bits per heavy atom. The number of anilines is 2. The van der Waals surface area contributed by atoms with Crippen LogP contribution in [0.2, 0.25) is 0 Å². The van der Waals surface area contributed by atoms with E-state index in [9.17, 15) is 18.0 Å². The zero-order valence-electron chi connectivity index (χ0n) is 19.6. The van der Waals surface area contributed by atoms with E-state index in [0.29, 0.717) is 23.6 Å². The summed E-state index contributed by atoms with van der Waals surface area (Å²) in [5.41, 5.74) is 0.705. The Balaban J connectivity index is 1.69. The highest BCUT2D eigenvalue weighted by atomic mass is 32.2. The Morgan fingerprint density at radius 3 is 2.26 bits per heavy atom. The highest BCUT2D eigenvalue weighted by Crippen LogP contribution is 2.20. The lowest BCUT2D eigenvalue weighted by Crippen LogP contribution is -2.47. The van der Waals surface area contributed by atoms with Crippen molar-refractivity contribution in [1.29, 1.82) is 0 Å². The highest BCUT2D eigenvalue weighted by Gasteiger charge is 2.26. The topological polar surface area (TPSA) is 139 Å². The number of hydrogen-bond acceptors (Lipinski definition) is 7. The smallest absolute Gasteiger partial charge is 0.264 e. The molecule has 1 heterocycles. The fraction of sp³-hybridized carbons (Fsp3) is 0.250. The fourth-order valence-corrected chi connectivity index (χ4v) is 4.12. The number of sulfonamides is 1. The minimum absolute atomic E-state index is 0.0239. The standard InChI is InChI=1S/C24H27N5O5S/c1-4-34-20-9-6-5-8-19(20)22(30)28-21(16(2)3)23(31)27-17-10-12-18(13-11-17)35(32,33)29-24-25-14-7-15-26-24/h5-16,21H,4H2,1-3H3,(H,27,31)(H,28,30)(H,25,26,29)/t21-/m1/s1. The molecule has 0 aliphatic rings. The molecule has 3 N–H and O–H groups in total. The largest absolute Gasteiger partial charge is 0.493 e. The van der Waals surface area contributed by atoms with E-state index < -0.39 is 27.9 Å². The predicted octanol–water partition coefficient (Wildman–Crippen LogP) is 3.07. The van der Waals surface area contributed by atoms with Gasteiger partial charge >= 0.3 is 0 Å². The number of nitrogens with zero attached hydrogens (tertiary/aromatic N) is 2. The second kappa shape index (κ2) is 11.4. The van der Waals surface area contributed by atoms with E-state index in [2.05, 4.69) is 25.3 Å². The van der Waals surface area contributed by atoms with Crippen LogP contribution in [0.15, 0.2) is 71.9 Å². The van der Waals surface area contributed by atoms with Gasteiger partial charge in [-0.3, -0.25) is 9.59 Å². The van der Waals surface area contributed by atoms with Crippen molar-refractivity contribution in [3.63, 3.8) is 0 Å². The van der Waals surface area contributed by atoms with Gasteiger partial charge in [-0.2, -0.15) is 0 Å². The summed E-state index contributed by atoms with van der Waals surface area (Å²) in [6.45, 7) is 5.84. The van der Waals surface area contributed by atoms with Gasteiger partial charge in [0.05, 0.1) is 17.1 Å². The number of benzene rings is 2. The predicted molar refractivity (Wildman–Crippen MR) is 132 cm³/mol. The number of carbonyl (C=O) groups excluding carboxylic acids is 2. The molecule has 2 amide bonds. The molecule has 10 nitrogen and oxygen atoms in total. The molecule has 3 aromatic rings. The van der Waals surface area contributed by atoms with Crippen molar-refractivity contribution in [2.24, 2.45) is 5.92 Å². The molecule has 0 spiro atoms. The van der Waals surface area contributed by atoms with Crippen molar-refractivity contribution in [2.75, 3.05) is 16.6 Å². The van der Waals surface area contributed by atoms with Crippen LogP contribution in [0, 0.1) is 5.92 Å². The van der Waals surface area contributed by atoms with E-state index in [1.54, 1.807) is 30.3 Å². The zero-order chi connectivity index (χ0) is 25.4. The molecule has 0 radical (unpaired) electrons. The van der Waals surface area contributed by atoms with Crippen LogP contribution in [0.1, 0.15) is 31.1 Å². The van der Waals surface area contributed by atoms with Crippen LogP contribution in [-0.2, 0) is 14.8 Å². The van der Waals surface area contributed by atoms with Crippen molar-refractivity contribution >= 4 is 33.5 Å². The van der Waals surface area contributed by atoms with Crippen LogP contribution in [0.4, 0.5) is 11.6 Å². The molecule has 0 fully saturated rings. The van der Waals surface area contributed by atoms with Gasteiger partial charge in [-0.25, -0.2) is 23.1 Å². The first kappa shape index (κ1) is 25.6. The van der Waals surface area contributed by atoms with Gasteiger partial charge in [0.25, 0.3) is 15.9 Å². The first-order chi connectivity index (χ1) is 16.7. The molecule has 11 heteroatoms. The van der Waals surface area contributed by atoms with E-state index in [1.807, 2.05) is 20.8 Å². The lowest BCUT2D eigenvalue weighted by molar-refractivity contribution is -0.118. The van der Waals surface area contributed by atoms with E-state index in [4.69, 9.17) is 4.74 Å². The Bertz CT molecular complexity index is 1260.